The molecule has 320 valence electrons. The van der Waals surface area contributed by atoms with E-state index in [0.717, 1.165) is 16.7 Å². The van der Waals surface area contributed by atoms with E-state index in [1.807, 2.05) is 84.9 Å². The van der Waals surface area contributed by atoms with Crippen LogP contribution in [0.25, 0.3) is 0 Å². The Morgan fingerprint density at radius 2 is 1.48 bits per heavy atom. The molecule has 3 fully saturated rings. The summed E-state index contributed by atoms with van der Waals surface area (Å²) >= 11 is 0. The van der Waals surface area contributed by atoms with Gasteiger partial charge in [0.05, 0.1) is 43.3 Å². The summed E-state index contributed by atoms with van der Waals surface area (Å²) in [5, 5.41) is 14.9. The summed E-state index contributed by atoms with van der Waals surface area (Å²) in [4.78, 5) is 28.1. The zero-order chi connectivity index (χ0) is 41.9. The van der Waals surface area contributed by atoms with E-state index in [1.165, 1.54) is 23.5 Å². The summed E-state index contributed by atoms with van der Waals surface area (Å²) in [7, 11) is -2.67. The second kappa shape index (κ2) is 20.4. The average Bonchev–Trinajstić information content (AvgIpc) is 3.91. The number of aliphatic hydroxyl groups excluding tert-OH is 1. The van der Waals surface area contributed by atoms with Crippen molar-refractivity contribution in [3.05, 3.63) is 126 Å². The molecule has 15 heteroatoms. The molecular formula is C45H53N3O11S. The Morgan fingerprint density at radius 3 is 2.15 bits per heavy atom. The molecule has 3 saturated heterocycles. The number of hydrogen-bond donors (Lipinski definition) is 2. The van der Waals surface area contributed by atoms with Crippen molar-refractivity contribution in [2.24, 2.45) is 11.8 Å². The highest BCUT2D eigenvalue weighted by Crippen LogP contribution is 2.33. The van der Waals surface area contributed by atoms with Crippen molar-refractivity contribution in [3.63, 3.8) is 0 Å². The number of carbonyl (C=O) groups is 2. The third-order valence-corrected chi connectivity index (χ3v) is 13.1. The van der Waals surface area contributed by atoms with Gasteiger partial charge in [0.25, 0.3) is 0 Å². The largest absolute Gasteiger partial charge is 0.497 e. The Morgan fingerprint density at radius 1 is 0.833 bits per heavy atom. The van der Waals surface area contributed by atoms with Crippen LogP contribution in [0, 0.1) is 11.8 Å². The normalized spacial score (nSPS) is 20.2. The van der Waals surface area contributed by atoms with Crippen LogP contribution < -0.4 is 14.8 Å². The number of sulfonamides is 1. The van der Waals surface area contributed by atoms with Gasteiger partial charge in [-0.3, -0.25) is 0 Å². The van der Waals surface area contributed by atoms with Crippen LogP contribution in [0.3, 0.4) is 0 Å². The van der Waals surface area contributed by atoms with Crippen molar-refractivity contribution in [3.8, 4) is 11.5 Å². The highest BCUT2D eigenvalue weighted by Gasteiger charge is 2.44. The highest BCUT2D eigenvalue weighted by molar-refractivity contribution is 7.89. The number of ether oxygens (including phenoxy) is 6. The van der Waals surface area contributed by atoms with Crippen molar-refractivity contribution >= 4 is 22.2 Å². The molecule has 0 saturated carbocycles. The Balaban J connectivity index is 1.06. The van der Waals surface area contributed by atoms with Gasteiger partial charge in [0.1, 0.15) is 30.8 Å². The van der Waals surface area contributed by atoms with E-state index >= 15 is 0 Å². The van der Waals surface area contributed by atoms with Crippen LogP contribution in [0.5, 0.6) is 11.5 Å². The van der Waals surface area contributed by atoms with E-state index in [2.05, 4.69) is 5.32 Å². The maximum Gasteiger partial charge on any atom is 0.410 e. The van der Waals surface area contributed by atoms with E-state index in [9.17, 15) is 23.1 Å². The molecule has 4 aromatic rings. The molecule has 7 rings (SSSR count). The van der Waals surface area contributed by atoms with Gasteiger partial charge < -0.3 is 43.7 Å². The number of methoxy groups -OCH3 is 1. The quantitative estimate of drug-likeness (QED) is 0.133. The highest BCUT2D eigenvalue weighted by atomic mass is 32.2. The number of likely N-dealkylation sites (tertiary alicyclic amines) is 1. The number of hydrogen-bond acceptors (Lipinski definition) is 11. The molecule has 3 heterocycles. The van der Waals surface area contributed by atoms with E-state index in [0.29, 0.717) is 57.1 Å². The van der Waals surface area contributed by atoms with E-state index in [4.69, 9.17) is 28.4 Å². The third-order valence-electron chi connectivity index (χ3n) is 11.3. The fraction of sp³-hybridized carbons (Fsp3) is 0.422. The van der Waals surface area contributed by atoms with Gasteiger partial charge in [0.15, 0.2) is 6.29 Å². The molecule has 2 N–H and O–H groups in total. The van der Waals surface area contributed by atoms with Crippen molar-refractivity contribution in [2.45, 2.75) is 68.3 Å². The second-order valence-electron chi connectivity index (χ2n) is 15.4. The van der Waals surface area contributed by atoms with E-state index < -0.39 is 46.7 Å². The van der Waals surface area contributed by atoms with Crippen LogP contribution in [0.1, 0.15) is 36.0 Å². The number of aliphatic hydroxyl groups is 1. The molecule has 0 aromatic heterocycles. The second-order valence-corrected chi connectivity index (χ2v) is 17.3. The molecule has 5 atom stereocenters. The Labute approximate surface area is 351 Å². The lowest BCUT2D eigenvalue weighted by molar-refractivity contribution is -0.0907. The monoisotopic (exact) mass is 843 g/mol. The number of alkyl carbamates (subject to hydrolysis) is 1. The zero-order valence-electron chi connectivity index (χ0n) is 33.7. The number of piperidine rings is 1. The molecular weight excluding hydrogens is 791 g/mol. The van der Waals surface area contributed by atoms with Crippen LogP contribution >= 0.6 is 0 Å². The predicted octanol–water partition coefficient (Wildman–Crippen LogP) is 5.77. The van der Waals surface area contributed by atoms with Gasteiger partial charge in [0, 0.05) is 26.2 Å². The third kappa shape index (κ3) is 11.3. The van der Waals surface area contributed by atoms with Gasteiger partial charge >= 0.3 is 12.2 Å². The van der Waals surface area contributed by atoms with E-state index in [1.54, 1.807) is 17.0 Å². The van der Waals surface area contributed by atoms with Gasteiger partial charge in [0.2, 0.25) is 10.0 Å². The minimum Gasteiger partial charge on any atom is -0.497 e. The molecule has 1 unspecified atom stereocenters. The lowest BCUT2D eigenvalue weighted by atomic mass is 9.96. The number of fused-ring (bicyclic) bond motifs is 1. The van der Waals surface area contributed by atoms with Crippen molar-refractivity contribution in [2.75, 3.05) is 46.5 Å². The molecule has 14 nitrogen and oxygen atoms in total. The number of rotatable bonds is 17. The summed E-state index contributed by atoms with van der Waals surface area (Å²) in [6, 6.07) is 31.7. The van der Waals surface area contributed by atoms with E-state index in [-0.39, 0.29) is 49.5 Å². The van der Waals surface area contributed by atoms with Crippen LogP contribution in [-0.4, -0.2) is 106 Å². The Hall–Kier alpha value is -5.19. The Kier molecular flexibility index (Phi) is 14.6. The fourth-order valence-corrected chi connectivity index (χ4v) is 9.30. The number of nitrogens with one attached hydrogen (secondary N) is 1. The zero-order valence-corrected chi connectivity index (χ0v) is 34.5. The standard InChI is InChI=1S/C45H53N3O11S/c1-54-36-16-18-38(19-17-36)60(52,53)48(27-33-20-23-47(24-21-33)45(51)58-30-35-10-6-3-7-11-35)28-41(49)40(46-44(50)59-42-31-57-43-39(42)22-25-55-43)26-32-12-14-37(15-13-32)56-29-34-8-4-2-5-9-34/h2-19,33,39-43,49H,20-31H2,1H3,(H,46,50)/t39-,40-,41+,42?,43+/m0/s1. The minimum atomic E-state index is -4.17. The summed E-state index contributed by atoms with van der Waals surface area (Å²) < 4.78 is 64.0. The molecule has 0 aliphatic carbocycles. The van der Waals surface area contributed by atoms with Gasteiger partial charge in [-0.05, 0) is 84.7 Å². The number of amides is 2. The molecule has 4 aromatic carbocycles. The van der Waals surface area contributed by atoms with Gasteiger partial charge in [-0.15, -0.1) is 0 Å². The van der Waals surface area contributed by atoms with Crippen LogP contribution in [0.2, 0.25) is 0 Å². The molecule has 2 amide bonds. The number of carbonyl (C=O) groups excluding carboxylic acids is 2. The van der Waals surface area contributed by atoms with Crippen LogP contribution in [-0.2, 0) is 48.6 Å². The topological polar surface area (TPSA) is 162 Å². The molecule has 0 bridgehead atoms. The van der Waals surface area contributed by atoms with Gasteiger partial charge in [-0.25, -0.2) is 18.0 Å². The van der Waals surface area contributed by atoms with Crippen LogP contribution in [0.4, 0.5) is 9.59 Å². The summed E-state index contributed by atoms with van der Waals surface area (Å²) in [6.07, 6.45) is -1.59. The average molecular weight is 844 g/mol. The lowest BCUT2D eigenvalue weighted by Gasteiger charge is -2.35. The maximum atomic E-state index is 14.4. The molecule has 3 aliphatic heterocycles. The van der Waals surface area contributed by atoms with Crippen molar-refractivity contribution < 1.29 is 51.5 Å². The lowest BCUT2D eigenvalue weighted by Crippen LogP contribution is -2.52. The molecule has 3 aliphatic rings. The minimum absolute atomic E-state index is 0.0296. The van der Waals surface area contributed by atoms with Gasteiger partial charge in [-0.2, -0.15) is 4.31 Å². The summed E-state index contributed by atoms with van der Waals surface area (Å²) in [5.74, 6) is 0.917. The smallest absolute Gasteiger partial charge is 0.410 e. The van der Waals surface area contributed by atoms with Gasteiger partial charge in [-0.1, -0.05) is 72.8 Å². The van der Waals surface area contributed by atoms with Crippen molar-refractivity contribution in [1.82, 2.24) is 14.5 Å². The summed E-state index contributed by atoms with van der Waals surface area (Å²) in [5.41, 5.74) is 2.68. The van der Waals surface area contributed by atoms with Crippen molar-refractivity contribution in [1.29, 1.82) is 0 Å². The first-order valence-electron chi connectivity index (χ1n) is 20.4. The maximum absolute atomic E-state index is 14.4. The Bertz CT molecular complexity index is 2080. The predicted molar refractivity (Wildman–Crippen MR) is 221 cm³/mol. The molecule has 0 radical (unpaired) electrons. The number of nitrogens with zero attached hydrogens (tertiary/aromatic N) is 2. The fourth-order valence-electron chi connectivity index (χ4n) is 7.77. The number of benzene rings is 4. The first-order valence-corrected chi connectivity index (χ1v) is 21.8. The first-order chi connectivity index (χ1) is 29.1. The molecule has 60 heavy (non-hydrogen) atoms. The first kappa shape index (κ1) is 42.9. The molecule has 0 spiro atoms. The summed E-state index contributed by atoms with van der Waals surface area (Å²) in [6.45, 7) is 1.77. The van der Waals surface area contributed by atoms with Crippen LogP contribution in [0.15, 0.2) is 114 Å². The SMILES string of the molecule is COc1ccc(S(=O)(=O)N(CC2CCN(C(=O)OCc3ccccc3)CC2)C[C@@H](O)[C@H](Cc2ccc(OCc3ccccc3)cc2)NC(=O)OC2CO[C@H]3OCC[C@@H]23)cc1.